The third-order valence-corrected chi connectivity index (χ3v) is 4.00. The van der Waals surface area contributed by atoms with Crippen molar-refractivity contribution >= 4 is 5.91 Å². The number of halogens is 1. The van der Waals surface area contributed by atoms with Crippen LogP contribution in [-0.4, -0.2) is 30.6 Å². The third-order valence-electron chi connectivity index (χ3n) is 4.00. The fourth-order valence-corrected chi connectivity index (χ4v) is 2.49. The topological polar surface area (TPSA) is 38.8 Å². The van der Waals surface area contributed by atoms with Crippen LogP contribution in [0.1, 0.15) is 18.4 Å². The fourth-order valence-electron chi connectivity index (χ4n) is 2.49. The van der Waals surface area contributed by atoms with Crippen LogP contribution < -0.4 is 9.47 Å². The van der Waals surface area contributed by atoms with E-state index in [-0.39, 0.29) is 24.4 Å². The molecule has 1 amide bonds. The van der Waals surface area contributed by atoms with Gasteiger partial charge in [-0.3, -0.25) is 4.79 Å². The number of nitrogens with zero attached hydrogens (tertiary/aromatic N) is 1. The smallest absolute Gasteiger partial charge is 0.261 e. The molecule has 0 spiro atoms. The summed E-state index contributed by atoms with van der Waals surface area (Å²) < 4.78 is 23.5. The molecule has 0 heterocycles. The molecule has 2 aromatic carbocycles. The largest absolute Gasteiger partial charge is 0.497 e. The van der Waals surface area contributed by atoms with E-state index in [9.17, 15) is 9.18 Å². The Hall–Kier alpha value is -2.56. The Bertz CT molecular complexity index is 681. The summed E-state index contributed by atoms with van der Waals surface area (Å²) in [7, 11) is 1.63. The van der Waals surface area contributed by atoms with Crippen molar-refractivity contribution in [2.24, 2.45) is 0 Å². The Balaban J connectivity index is 1.59. The van der Waals surface area contributed by atoms with E-state index in [1.807, 2.05) is 29.2 Å². The number of hydrogen-bond donors (Lipinski definition) is 0. The molecule has 0 radical (unpaired) electrons. The van der Waals surface area contributed by atoms with E-state index in [4.69, 9.17) is 9.47 Å². The van der Waals surface area contributed by atoms with Gasteiger partial charge < -0.3 is 14.4 Å². The molecule has 1 fully saturated rings. The molecule has 0 aromatic heterocycles. The van der Waals surface area contributed by atoms with Gasteiger partial charge in [0.15, 0.2) is 6.61 Å². The van der Waals surface area contributed by atoms with E-state index in [1.54, 1.807) is 7.11 Å². The molecule has 0 unspecified atom stereocenters. The van der Waals surface area contributed by atoms with Gasteiger partial charge in [-0.1, -0.05) is 12.1 Å². The summed E-state index contributed by atoms with van der Waals surface area (Å²) in [5.41, 5.74) is 1.05. The Kier molecular flexibility index (Phi) is 4.99. The number of methoxy groups -OCH3 is 1. The van der Waals surface area contributed by atoms with E-state index in [0.29, 0.717) is 12.3 Å². The molecule has 0 saturated heterocycles. The van der Waals surface area contributed by atoms with Gasteiger partial charge in [0.05, 0.1) is 7.11 Å². The second-order valence-electron chi connectivity index (χ2n) is 5.84. The number of ether oxygens (including phenoxy) is 2. The fraction of sp³-hybridized carbons (Fsp3) is 0.316. The molecule has 1 aliphatic rings. The summed E-state index contributed by atoms with van der Waals surface area (Å²) in [5.74, 6) is 0.901. The number of amides is 1. The molecule has 0 bridgehead atoms. The van der Waals surface area contributed by atoms with Crippen LogP contribution in [0.15, 0.2) is 48.5 Å². The molecule has 0 aliphatic heterocycles. The summed E-state index contributed by atoms with van der Waals surface area (Å²) >= 11 is 0. The van der Waals surface area contributed by atoms with Gasteiger partial charge in [0.25, 0.3) is 5.91 Å². The van der Waals surface area contributed by atoms with Crippen molar-refractivity contribution in [3.05, 3.63) is 59.9 Å². The lowest BCUT2D eigenvalue weighted by molar-refractivity contribution is -0.134. The molecule has 1 aliphatic carbocycles. The lowest BCUT2D eigenvalue weighted by atomic mass is 10.2. The number of rotatable bonds is 7. The Labute approximate surface area is 140 Å². The predicted octanol–water partition coefficient (Wildman–Crippen LogP) is 3.40. The molecule has 0 N–H and O–H groups in total. The Morgan fingerprint density at radius 2 is 1.71 bits per heavy atom. The van der Waals surface area contributed by atoms with Crippen LogP contribution in [0.4, 0.5) is 4.39 Å². The minimum absolute atomic E-state index is 0.0434. The SMILES string of the molecule is COc1ccc(CN(C(=O)COc2ccc(F)cc2)C2CC2)cc1. The molecule has 1 saturated carbocycles. The van der Waals surface area contributed by atoms with Gasteiger partial charge in [-0.2, -0.15) is 0 Å². The summed E-state index contributed by atoms with van der Waals surface area (Å²) in [6, 6.07) is 13.7. The number of carbonyl (C=O) groups is 1. The second-order valence-corrected chi connectivity index (χ2v) is 5.84. The van der Waals surface area contributed by atoms with Crippen LogP contribution in [-0.2, 0) is 11.3 Å². The first-order valence-corrected chi connectivity index (χ1v) is 7.96. The molecule has 5 heteroatoms. The molecule has 4 nitrogen and oxygen atoms in total. The molecule has 3 rings (SSSR count). The first-order valence-electron chi connectivity index (χ1n) is 7.96. The van der Waals surface area contributed by atoms with E-state index in [0.717, 1.165) is 24.2 Å². The quantitative estimate of drug-likeness (QED) is 0.781. The van der Waals surface area contributed by atoms with Crippen molar-refractivity contribution in [2.75, 3.05) is 13.7 Å². The van der Waals surface area contributed by atoms with Crippen LogP contribution in [0.25, 0.3) is 0 Å². The van der Waals surface area contributed by atoms with Gasteiger partial charge in [0.1, 0.15) is 17.3 Å². The highest BCUT2D eigenvalue weighted by Crippen LogP contribution is 2.29. The van der Waals surface area contributed by atoms with Crippen LogP contribution >= 0.6 is 0 Å². The molecule has 24 heavy (non-hydrogen) atoms. The first kappa shape index (κ1) is 16.3. The number of hydrogen-bond acceptors (Lipinski definition) is 3. The maximum atomic E-state index is 12.9. The van der Waals surface area contributed by atoms with Crippen LogP contribution in [0.2, 0.25) is 0 Å². The monoisotopic (exact) mass is 329 g/mol. The van der Waals surface area contributed by atoms with E-state index in [2.05, 4.69) is 0 Å². The van der Waals surface area contributed by atoms with Gasteiger partial charge in [-0.15, -0.1) is 0 Å². The highest BCUT2D eigenvalue weighted by Gasteiger charge is 2.32. The van der Waals surface area contributed by atoms with Crippen molar-refractivity contribution in [2.45, 2.75) is 25.4 Å². The van der Waals surface area contributed by atoms with Crippen molar-refractivity contribution < 1.29 is 18.7 Å². The molecular weight excluding hydrogens is 309 g/mol. The summed E-state index contributed by atoms with van der Waals surface area (Å²) in [5, 5.41) is 0. The number of benzene rings is 2. The Morgan fingerprint density at radius 1 is 1.08 bits per heavy atom. The van der Waals surface area contributed by atoms with Crippen molar-refractivity contribution in [1.29, 1.82) is 0 Å². The average molecular weight is 329 g/mol. The van der Waals surface area contributed by atoms with E-state index in [1.165, 1.54) is 24.3 Å². The average Bonchev–Trinajstić information content (AvgIpc) is 3.44. The summed E-state index contributed by atoms with van der Waals surface area (Å²) in [6.07, 6.45) is 2.05. The lowest BCUT2D eigenvalue weighted by Crippen LogP contribution is -2.36. The van der Waals surface area contributed by atoms with Gasteiger partial charge >= 0.3 is 0 Å². The third kappa shape index (κ3) is 4.25. The normalized spacial score (nSPS) is 13.4. The van der Waals surface area contributed by atoms with Gasteiger partial charge in [0.2, 0.25) is 0 Å². The maximum absolute atomic E-state index is 12.9. The summed E-state index contributed by atoms with van der Waals surface area (Å²) in [6.45, 7) is 0.512. The van der Waals surface area contributed by atoms with Crippen molar-refractivity contribution in [3.63, 3.8) is 0 Å². The van der Waals surface area contributed by atoms with Gasteiger partial charge in [-0.05, 0) is 54.8 Å². The summed E-state index contributed by atoms with van der Waals surface area (Å²) in [4.78, 5) is 14.3. The maximum Gasteiger partial charge on any atom is 0.261 e. The molecule has 126 valence electrons. The molecule has 0 atom stereocenters. The van der Waals surface area contributed by atoms with E-state index >= 15 is 0 Å². The van der Waals surface area contributed by atoms with Crippen LogP contribution in [0.3, 0.4) is 0 Å². The minimum Gasteiger partial charge on any atom is -0.497 e. The highest BCUT2D eigenvalue weighted by atomic mass is 19.1. The zero-order valence-corrected chi connectivity index (χ0v) is 13.6. The first-order chi connectivity index (χ1) is 11.7. The predicted molar refractivity (Wildman–Crippen MR) is 88.5 cm³/mol. The molecule has 2 aromatic rings. The Morgan fingerprint density at radius 3 is 2.29 bits per heavy atom. The minimum atomic E-state index is -0.326. The van der Waals surface area contributed by atoms with E-state index < -0.39 is 0 Å². The highest BCUT2D eigenvalue weighted by molar-refractivity contribution is 5.78. The van der Waals surface area contributed by atoms with Crippen LogP contribution in [0, 0.1) is 5.82 Å². The second kappa shape index (κ2) is 7.34. The lowest BCUT2D eigenvalue weighted by Gasteiger charge is -2.22. The van der Waals surface area contributed by atoms with Crippen LogP contribution in [0.5, 0.6) is 11.5 Å². The molecular formula is C19H20FNO3. The van der Waals surface area contributed by atoms with Crippen molar-refractivity contribution in [1.82, 2.24) is 4.90 Å². The zero-order chi connectivity index (χ0) is 16.9. The number of carbonyl (C=O) groups excluding carboxylic acids is 1. The zero-order valence-electron chi connectivity index (χ0n) is 13.6. The van der Waals surface area contributed by atoms with Gasteiger partial charge in [-0.25, -0.2) is 4.39 Å². The standard InChI is InChI=1S/C19H20FNO3/c1-23-17-8-2-14(3-9-17)12-21(16-6-7-16)19(22)13-24-18-10-4-15(20)5-11-18/h2-5,8-11,16H,6-7,12-13H2,1H3. The van der Waals surface area contributed by atoms with Crippen molar-refractivity contribution in [3.8, 4) is 11.5 Å². The van der Waals surface area contributed by atoms with Gasteiger partial charge in [0, 0.05) is 12.6 Å².